The van der Waals surface area contributed by atoms with Gasteiger partial charge in [-0.05, 0) is 63.2 Å². The fourth-order valence-electron chi connectivity index (χ4n) is 5.00. The van der Waals surface area contributed by atoms with Gasteiger partial charge in [0.25, 0.3) is 0 Å². The SMILES string of the molecule is O=C(CCC1CCN(C2CCOCC2)CC1)N1CCN(c2ccccc2)CC1. The van der Waals surface area contributed by atoms with Crippen molar-refractivity contribution in [3.05, 3.63) is 30.3 Å². The number of anilines is 1. The molecule has 0 bridgehead atoms. The molecule has 1 aromatic carbocycles. The molecule has 3 aliphatic heterocycles. The number of carbonyl (C=O) groups is 1. The van der Waals surface area contributed by atoms with Crippen LogP contribution in [-0.2, 0) is 9.53 Å². The molecule has 0 unspecified atom stereocenters. The summed E-state index contributed by atoms with van der Waals surface area (Å²) in [5.41, 5.74) is 1.27. The summed E-state index contributed by atoms with van der Waals surface area (Å²) in [6.07, 6.45) is 6.70. The van der Waals surface area contributed by atoms with Crippen molar-refractivity contribution in [1.82, 2.24) is 9.80 Å². The molecule has 3 aliphatic rings. The van der Waals surface area contributed by atoms with Crippen LogP contribution >= 0.6 is 0 Å². The summed E-state index contributed by atoms with van der Waals surface area (Å²) in [4.78, 5) is 19.8. The van der Waals surface area contributed by atoms with E-state index in [9.17, 15) is 4.79 Å². The lowest BCUT2D eigenvalue weighted by atomic mass is 9.90. The second-order valence-corrected chi connectivity index (χ2v) is 8.56. The van der Waals surface area contributed by atoms with E-state index in [1.165, 1.54) is 44.5 Å². The Balaban J connectivity index is 1.14. The van der Waals surface area contributed by atoms with E-state index < -0.39 is 0 Å². The summed E-state index contributed by atoms with van der Waals surface area (Å²) in [6, 6.07) is 11.3. The zero-order chi connectivity index (χ0) is 19.2. The van der Waals surface area contributed by atoms with Crippen molar-refractivity contribution in [2.45, 2.75) is 44.6 Å². The van der Waals surface area contributed by atoms with Crippen LogP contribution in [-0.4, -0.2) is 74.2 Å². The maximum Gasteiger partial charge on any atom is 0.222 e. The molecular weight excluding hydrogens is 350 g/mol. The van der Waals surface area contributed by atoms with Crippen LogP contribution in [0, 0.1) is 5.92 Å². The zero-order valence-corrected chi connectivity index (χ0v) is 17.1. The summed E-state index contributed by atoms with van der Waals surface area (Å²) in [5, 5.41) is 0. The van der Waals surface area contributed by atoms with E-state index in [-0.39, 0.29) is 0 Å². The number of nitrogens with zero attached hydrogens (tertiary/aromatic N) is 3. The van der Waals surface area contributed by atoms with Gasteiger partial charge in [-0.3, -0.25) is 4.79 Å². The minimum atomic E-state index is 0.361. The third kappa shape index (κ3) is 5.06. The Morgan fingerprint density at radius 1 is 0.893 bits per heavy atom. The molecule has 0 aromatic heterocycles. The van der Waals surface area contributed by atoms with Crippen molar-refractivity contribution in [1.29, 1.82) is 0 Å². The van der Waals surface area contributed by atoms with E-state index in [0.29, 0.717) is 5.91 Å². The Kier molecular flexibility index (Phi) is 6.86. The normalized spacial score (nSPS) is 23.1. The maximum absolute atomic E-state index is 12.7. The molecule has 0 radical (unpaired) electrons. The molecule has 0 atom stereocenters. The predicted octanol–water partition coefficient (Wildman–Crippen LogP) is 3.01. The zero-order valence-electron chi connectivity index (χ0n) is 17.1. The first kappa shape index (κ1) is 19.7. The fraction of sp³-hybridized carbons (Fsp3) is 0.696. The summed E-state index contributed by atoms with van der Waals surface area (Å²) in [6.45, 7) is 7.87. The van der Waals surface area contributed by atoms with Crippen LogP contribution in [0.15, 0.2) is 30.3 Å². The molecule has 3 heterocycles. The molecule has 3 fully saturated rings. The standard InChI is InChI=1S/C23H35N3O2/c27-23(26-16-14-25(15-17-26)21-4-2-1-3-5-21)7-6-20-8-12-24(13-9-20)22-10-18-28-19-11-22/h1-5,20,22H,6-19H2. The number of carbonyl (C=O) groups excluding carboxylic acids is 1. The Morgan fingerprint density at radius 3 is 2.25 bits per heavy atom. The van der Waals surface area contributed by atoms with Crippen molar-refractivity contribution < 1.29 is 9.53 Å². The molecule has 0 spiro atoms. The number of likely N-dealkylation sites (tertiary alicyclic amines) is 1. The highest BCUT2D eigenvalue weighted by Gasteiger charge is 2.27. The Bertz CT molecular complexity index is 602. The molecule has 0 aliphatic carbocycles. The number of para-hydroxylation sites is 1. The molecule has 3 saturated heterocycles. The van der Waals surface area contributed by atoms with Crippen molar-refractivity contribution in [3.8, 4) is 0 Å². The second kappa shape index (κ2) is 9.75. The highest BCUT2D eigenvalue weighted by atomic mass is 16.5. The van der Waals surface area contributed by atoms with Gasteiger partial charge in [-0.15, -0.1) is 0 Å². The second-order valence-electron chi connectivity index (χ2n) is 8.56. The number of benzene rings is 1. The number of rotatable bonds is 5. The van der Waals surface area contributed by atoms with Gasteiger partial charge in [0, 0.05) is 57.5 Å². The van der Waals surface area contributed by atoms with Crippen LogP contribution in [0.5, 0.6) is 0 Å². The van der Waals surface area contributed by atoms with E-state index in [0.717, 1.165) is 64.2 Å². The molecule has 1 amide bonds. The number of ether oxygens (including phenoxy) is 1. The highest BCUT2D eigenvalue weighted by Crippen LogP contribution is 2.26. The molecule has 5 heteroatoms. The number of hydrogen-bond acceptors (Lipinski definition) is 4. The van der Waals surface area contributed by atoms with Crippen LogP contribution in [0.25, 0.3) is 0 Å². The smallest absolute Gasteiger partial charge is 0.222 e. The molecular formula is C23H35N3O2. The monoisotopic (exact) mass is 385 g/mol. The molecule has 0 saturated carbocycles. The minimum Gasteiger partial charge on any atom is -0.381 e. The first-order chi connectivity index (χ1) is 13.8. The largest absolute Gasteiger partial charge is 0.381 e. The number of amides is 1. The number of piperidine rings is 1. The summed E-state index contributed by atoms with van der Waals surface area (Å²) >= 11 is 0. The predicted molar refractivity (Wildman–Crippen MR) is 113 cm³/mol. The fourth-order valence-corrected chi connectivity index (χ4v) is 5.00. The van der Waals surface area contributed by atoms with Crippen molar-refractivity contribution in [2.24, 2.45) is 5.92 Å². The van der Waals surface area contributed by atoms with Crippen LogP contribution in [0.1, 0.15) is 38.5 Å². The minimum absolute atomic E-state index is 0.361. The van der Waals surface area contributed by atoms with Gasteiger partial charge in [-0.2, -0.15) is 0 Å². The highest BCUT2D eigenvalue weighted by molar-refractivity contribution is 5.76. The van der Waals surface area contributed by atoms with E-state index in [1.807, 2.05) is 0 Å². The van der Waals surface area contributed by atoms with Gasteiger partial charge >= 0.3 is 0 Å². The molecule has 154 valence electrons. The molecule has 28 heavy (non-hydrogen) atoms. The lowest BCUT2D eigenvalue weighted by Gasteiger charge is -2.39. The van der Waals surface area contributed by atoms with Crippen molar-refractivity contribution >= 4 is 11.6 Å². The van der Waals surface area contributed by atoms with E-state index in [4.69, 9.17) is 4.74 Å². The van der Waals surface area contributed by atoms with Gasteiger partial charge < -0.3 is 19.4 Å². The quantitative estimate of drug-likeness (QED) is 0.781. The average molecular weight is 386 g/mol. The lowest BCUT2D eigenvalue weighted by Crippen LogP contribution is -2.49. The van der Waals surface area contributed by atoms with Gasteiger partial charge in [-0.1, -0.05) is 18.2 Å². The topological polar surface area (TPSA) is 36.0 Å². The Morgan fingerprint density at radius 2 is 1.57 bits per heavy atom. The van der Waals surface area contributed by atoms with Gasteiger partial charge in [0.2, 0.25) is 5.91 Å². The van der Waals surface area contributed by atoms with Gasteiger partial charge in [-0.25, -0.2) is 0 Å². The van der Waals surface area contributed by atoms with Crippen molar-refractivity contribution in [3.63, 3.8) is 0 Å². The van der Waals surface area contributed by atoms with Crippen LogP contribution in [0.4, 0.5) is 5.69 Å². The molecule has 4 rings (SSSR count). The first-order valence-corrected chi connectivity index (χ1v) is 11.2. The summed E-state index contributed by atoms with van der Waals surface area (Å²) in [5.74, 6) is 1.09. The van der Waals surface area contributed by atoms with Crippen LogP contribution in [0.3, 0.4) is 0 Å². The first-order valence-electron chi connectivity index (χ1n) is 11.2. The van der Waals surface area contributed by atoms with Crippen molar-refractivity contribution in [2.75, 3.05) is 57.4 Å². The molecule has 0 N–H and O–H groups in total. The van der Waals surface area contributed by atoms with Crippen LogP contribution < -0.4 is 4.90 Å². The Labute approximate surface area is 169 Å². The third-order valence-corrected chi connectivity index (χ3v) is 6.88. The van der Waals surface area contributed by atoms with Crippen LogP contribution in [0.2, 0.25) is 0 Å². The number of hydrogen-bond donors (Lipinski definition) is 0. The summed E-state index contributed by atoms with van der Waals surface area (Å²) < 4.78 is 5.49. The van der Waals surface area contributed by atoms with Gasteiger partial charge in [0.1, 0.15) is 0 Å². The van der Waals surface area contributed by atoms with Gasteiger partial charge in [0.05, 0.1) is 0 Å². The maximum atomic E-state index is 12.7. The average Bonchev–Trinajstić information content (AvgIpc) is 2.79. The van der Waals surface area contributed by atoms with E-state index >= 15 is 0 Å². The molecule has 5 nitrogen and oxygen atoms in total. The molecule has 1 aromatic rings. The van der Waals surface area contributed by atoms with E-state index in [1.54, 1.807) is 0 Å². The van der Waals surface area contributed by atoms with E-state index in [2.05, 4.69) is 45.0 Å². The Hall–Kier alpha value is -1.59. The third-order valence-electron chi connectivity index (χ3n) is 6.88. The summed E-state index contributed by atoms with van der Waals surface area (Å²) in [7, 11) is 0. The van der Waals surface area contributed by atoms with Gasteiger partial charge in [0.15, 0.2) is 0 Å². The number of piperazine rings is 1. The lowest BCUT2D eigenvalue weighted by molar-refractivity contribution is -0.131.